The van der Waals surface area contributed by atoms with Crippen molar-refractivity contribution in [2.45, 2.75) is 6.92 Å². The molecule has 1 aromatic heterocycles. The van der Waals surface area contributed by atoms with Gasteiger partial charge >= 0.3 is 0 Å². The Morgan fingerprint density at radius 1 is 1.33 bits per heavy atom. The number of hydrogen-bond acceptors (Lipinski definition) is 2. The van der Waals surface area contributed by atoms with Gasteiger partial charge in [-0.3, -0.25) is 0 Å². The molecule has 2 heteroatoms. The Labute approximate surface area is 76.1 Å². The van der Waals surface area contributed by atoms with Crippen molar-refractivity contribution in [1.29, 1.82) is 0 Å². The summed E-state index contributed by atoms with van der Waals surface area (Å²) in [4.78, 5) is 0. The summed E-state index contributed by atoms with van der Waals surface area (Å²) >= 11 is 1.57. The van der Waals surface area contributed by atoms with E-state index in [-0.39, 0.29) is 6.61 Å². The van der Waals surface area contributed by atoms with Crippen molar-refractivity contribution in [2.75, 3.05) is 6.61 Å². The summed E-state index contributed by atoms with van der Waals surface area (Å²) in [6.45, 7) is 1.69. The lowest BCUT2D eigenvalue weighted by molar-refractivity contribution is 0.350. The molecule has 1 heterocycles. The molecule has 12 heavy (non-hydrogen) atoms. The predicted octanol–water partition coefficient (Wildman–Crippen LogP) is 1.46. The Hall–Kier alpha value is -1.22. The third-order valence-corrected chi connectivity index (χ3v) is 1.97. The minimum absolute atomic E-state index is 0.102. The van der Waals surface area contributed by atoms with Gasteiger partial charge in [-0.2, -0.15) is 0 Å². The van der Waals surface area contributed by atoms with E-state index < -0.39 is 0 Å². The van der Waals surface area contributed by atoms with Crippen LogP contribution in [0.5, 0.6) is 0 Å². The van der Waals surface area contributed by atoms with Gasteiger partial charge in [0, 0.05) is 10.8 Å². The molecule has 0 amide bonds. The predicted molar refractivity (Wildman–Crippen MR) is 50.8 cm³/mol. The van der Waals surface area contributed by atoms with Gasteiger partial charge in [-0.25, -0.2) is 0 Å². The molecule has 0 atom stereocenters. The van der Waals surface area contributed by atoms with E-state index in [0.717, 1.165) is 11.1 Å². The number of hydrogen-bond donors (Lipinski definition) is 1. The molecule has 0 aliphatic heterocycles. The average Bonchev–Trinajstić information content (AvgIpc) is 2.50. The van der Waals surface area contributed by atoms with E-state index in [0.29, 0.717) is 0 Å². The van der Waals surface area contributed by atoms with Gasteiger partial charge in [0.2, 0.25) is 0 Å². The number of aliphatic hydroxyl groups excluding tert-OH is 1. The van der Waals surface area contributed by atoms with Gasteiger partial charge in [0.1, 0.15) is 6.61 Å². The second kappa shape index (κ2) is 4.62. The molecule has 0 saturated carbocycles. The van der Waals surface area contributed by atoms with Crippen molar-refractivity contribution in [3.8, 4) is 23.7 Å². The van der Waals surface area contributed by atoms with Crippen molar-refractivity contribution in [2.24, 2.45) is 0 Å². The summed E-state index contributed by atoms with van der Waals surface area (Å²) in [7, 11) is 0. The second-order valence-corrected chi connectivity index (χ2v) is 2.78. The fourth-order valence-electron chi connectivity index (χ4n) is 0.760. The van der Waals surface area contributed by atoms with Gasteiger partial charge in [-0.1, -0.05) is 17.8 Å². The van der Waals surface area contributed by atoms with Crippen LogP contribution >= 0.6 is 11.3 Å². The van der Waals surface area contributed by atoms with Crippen LogP contribution < -0.4 is 0 Å². The van der Waals surface area contributed by atoms with Crippen LogP contribution in [0.1, 0.15) is 18.1 Å². The molecule has 0 spiro atoms. The van der Waals surface area contributed by atoms with Gasteiger partial charge in [0.05, 0.1) is 11.1 Å². The molecule has 0 radical (unpaired) electrons. The van der Waals surface area contributed by atoms with E-state index in [1.165, 1.54) is 0 Å². The maximum absolute atomic E-state index is 8.48. The van der Waals surface area contributed by atoms with Crippen LogP contribution in [0.4, 0.5) is 0 Å². The zero-order valence-electron chi connectivity index (χ0n) is 6.72. The molecule has 1 rings (SSSR count). The van der Waals surface area contributed by atoms with Crippen LogP contribution in [0.2, 0.25) is 0 Å². The molecule has 0 bridgehead atoms. The number of thiophene rings is 1. The molecule has 1 N–H and O–H groups in total. The van der Waals surface area contributed by atoms with Crippen LogP contribution in [0, 0.1) is 23.7 Å². The molecule has 0 unspecified atom stereocenters. The fourth-order valence-corrected chi connectivity index (χ4v) is 1.47. The lowest BCUT2D eigenvalue weighted by atomic mass is 10.2. The van der Waals surface area contributed by atoms with Crippen LogP contribution in [0.3, 0.4) is 0 Å². The molecular formula is C10H8OS. The maximum Gasteiger partial charge on any atom is 0.104 e. The number of aliphatic hydroxyl groups is 1. The summed E-state index contributed by atoms with van der Waals surface area (Å²) < 4.78 is 0. The van der Waals surface area contributed by atoms with E-state index >= 15 is 0 Å². The Morgan fingerprint density at radius 2 is 2.00 bits per heavy atom. The summed E-state index contributed by atoms with van der Waals surface area (Å²) in [6, 6.07) is 0. The molecule has 1 aromatic rings. The van der Waals surface area contributed by atoms with Crippen LogP contribution in [-0.4, -0.2) is 11.7 Å². The van der Waals surface area contributed by atoms with E-state index in [1.54, 1.807) is 18.3 Å². The van der Waals surface area contributed by atoms with E-state index in [1.807, 2.05) is 10.8 Å². The highest BCUT2D eigenvalue weighted by Crippen LogP contribution is 2.12. The molecular weight excluding hydrogens is 168 g/mol. The Morgan fingerprint density at radius 3 is 2.58 bits per heavy atom. The van der Waals surface area contributed by atoms with Crippen molar-refractivity contribution < 1.29 is 5.11 Å². The minimum Gasteiger partial charge on any atom is -0.384 e. The topological polar surface area (TPSA) is 20.2 Å². The van der Waals surface area contributed by atoms with Crippen LogP contribution in [0.25, 0.3) is 0 Å². The normalized spacial score (nSPS) is 7.83. The van der Waals surface area contributed by atoms with Gasteiger partial charge in [-0.15, -0.1) is 17.3 Å². The van der Waals surface area contributed by atoms with Crippen LogP contribution in [0.15, 0.2) is 10.8 Å². The van der Waals surface area contributed by atoms with Gasteiger partial charge in [-0.05, 0) is 6.92 Å². The van der Waals surface area contributed by atoms with Crippen molar-refractivity contribution in [3.05, 3.63) is 21.9 Å². The second-order valence-electron chi connectivity index (χ2n) is 2.03. The third-order valence-electron chi connectivity index (χ3n) is 1.22. The van der Waals surface area contributed by atoms with E-state index in [9.17, 15) is 0 Å². The van der Waals surface area contributed by atoms with Crippen LogP contribution in [-0.2, 0) is 0 Å². The Balaban J connectivity index is 2.96. The monoisotopic (exact) mass is 176 g/mol. The first kappa shape index (κ1) is 8.87. The fraction of sp³-hybridized carbons (Fsp3) is 0.200. The van der Waals surface area contributed by atoms with E-state index in [2.05, 4.69) is 23.7 Å². The first-order chi connectivity index (χ1) is 5.88. The number of rotatable bonds is 0. The molecule has 0 aliphatic carbocycles. The first-order valence-corrected chi connectivity index (χ1v) is 4.41. The van der Waals surface area contributed by atoms with Gasteiger partial charge < -0.3 is 5.11 Å². The van der Waals surface area contributed by atoms with Crippen molar-refractivity contribution >= 4 is 11.3 Å². The molecule has 0 fully saturated rings. The summed E-state index contributed by atoms with van der Waals surface area (Å²) in [5.74, 6) is 11.2. The Bertz CT molecular complexity index is 368. The lowest BCUT2D eigenvalue weighted by Crippen LogP contribution is -1.76. The van der Waals surface area contributed by atoms with Crippen molar-refractivity contribution in [1.82, 2.24) is 0 Å². The lowest BCUT2D eigenvalue weighted by Gasteiger charge is -1.82. The molecule has 0 aliphatic rings. The summed E-state index contributed by atoms with van der Waals surface area (Å²) in [6.07, 6.45) is 0. The van der Waals surface area contributed by atoms with Gasteiger partial charge in [0.15, 0.2) is 0 Å². The molecule has 0 aromatic carbocycles. The first-order valence-electron chi connectivity index (χ1n) is 3.47. The summed E-state index contributed by atoms with van der Waals surface area (Å²) in [5, 5.41) is 12.4. The summed E-state index contributed by atoms with van der Waals surface area (Å²) in [5.41, 5.74) is 1.85. The molecule has 0 saturated heterocycles. The standard InChI is InChI=1S/C10H8OS/c1-2-4-9-7-12-8-10(9)5-3-6-11/h7-8,11H,6H2,1H3. The highest BCUT2D eigenvalue weighted by atomic mass is 32.1. The zero-order chi connectivity index (χ0) is 8.81. The average molecular weight is 176 g/mol. The quantitative estimate of drug-likeness (QED) is 0.593. The van der Waals surface area contributed by atoms with Gasteiger partial charge in [0.25, 0.3) is 0 Å². The molecule has 1 nitrogen and oxygen atoms in total. The zero-order valence-corrected chi connectivity index (χ0v) is 7.53. The highest BCUT2D eigenvalue weighted by Gasteiger charge is 1.95. The SMILES string of the molecule is CC#Cc1cscc1C#CCO. The van der Waals surface area contributed by atoms with Crippen molar-refractivity contribution in [3.63, 3.8) is 0 Å². The molecule has 60 valence electrons. The minimum atomic E-state index is -0.102. The largest absolute Gasteiger partial charge is 0.384 e. The van der Waals surface area contributed by atoms with E-state index in [4.69, 9.17) is 5.11 Å². The maximum atomic E-state index is 8.48. The smallest absolute Gasteiger partial charge is 0.104 e. The Kier molecular flexibility index (Phi) is 3.41. The third kappa shape index (κ3) is 2.13. The highest BCUT2D eigenvalue weighted by molar-refractivity contribution is 7.08.